The van der Waals surface area contributed by atoms with Crippen molar-refractivity contribution in [3.05, 3.63) is 23.2 Å². The highest BCUT2D eigenvalue weighted by Crippen LogP contribution is 2.18. The first-order valence-electron chi connectivity index (χ1n) is 4.32. The fraction of sp³-hybridized carbons (Fsp3) is 0.333. The van der Waals surface area contributed by atoms with Gasteiger partial charge in [-0.25, -0.2) is 9.50 Å². The number of fused-ring (bicyclic) bond motifs is 1. The van der Waals surface area contributed by atoms with E-state index in [4.69, 9.17) is 16.9 Å². The van der Waals surface area contributed by atoms with E-state index in [2.05, 4.69) is 21.1 Å². The van der Waals surface area contributed by atoms with Crippen LogP contribution in [0, 0.1) is 11.3 Å². The fourth-order valence-corrected chi connectivity index (χ4v) is 1.22. The third-order valence-corrected chi connectivity index (χ3v) is 2.20. The summed E-state index contributed by atoms with van der Waals surface area (Å²) in [5.41, 5.74) is -0.722. The molecule has 5 nitrogen and oxygen atoms in total. The molecule has 2 aromatic heterocycles. The molecule has 76 valence electrons. The van der Waals surface area contributed by atoms with Crippen molar-refractivity contribution in [1.82, 2.24) is 19.6 Å². The van der Waals surface area contributed by atoms with Gasteiger partial charge in [0.15, 0.2) is 5.82 Å². The second-order valence-electron chi connectivity index (χ2n) is 3.69. The van der Waals surface area contributed by atoms with Gasteiger partial charge in [-0.15, -0.1) is 5.10 Å². The molecule has 0 aromatic carbocycles. The van der Waals surface area contributed by atoms with E-state index < -0.39 is 5.41 Å². The van der Waals surface area contributed by atoms with Gasteiger partial charge >= 0.3 is 0 Å². The van der Waals surface area contributed by atoms with Crippen molar-refractivity contribution in [3.8, 4) is 6.07 Å². The normalized spacial score (nSPS) is 11.6. The Bertz CT molecular complexity index is 551. The van der Waals surface area contributed by atoms with Gasteiger partial charge in [-0.2, -0.15) is 10.2 Å². The van der Waals surface area contributed by atoms with E-state index in [0.29, 0.717) is 16.6 Å². The lowest BCUT2D eigenvalue weighted by Gasteiger charge is -2.07. The predicted octanol–water partition coefficient (Wildman–Crippen LogP) is 1.58. The maximum absolute atomic E-state index is 8.94. The molecule has 0 saturated heterocycles. The van der Waals surface area contributed by atoms with E-state index in [1.54, 1.807) is 20.0 Å². The van der Waals surface area contributed by atoms with Crippen molar-refractivity contribution in [2.75, 3.05) is 0 Å². The standard InChI is InChI=1S/C9H8ClN5/c1-9(2,5-11)7-13-8-12-3-6(10)4-15(8)14-7/h3-4H,1-2H3. The molecule has 0 aliphatic carbocycles. The molecule has 0 bridgehead atoms. The quantitative estimate of drug-likeness (QED) is 0.733. The number of halogens is 1. The molecule has 2 heterocycles. The summed E-state index contributed by atoms with van der Waals surface area (Å²) in [6.07, 6.45) is 3.10. The van der Waals surface area contributed by atoms with Crippen LogP contribution in [0.5, 0.6) is 0 Å². The summed E-state index contributed by atoms with van der Waals surface area (Å²) < 4.78 is 1.47. The Balaban J connectivity index is 2.63. The summed E-state index contributed by atoms with van der Waals surface area (Å²) in [5, 5.41) is 13.6. The molecule has 0 fully saturated rings. The van der Waals surface area contributed by atoms with E-state index in [0.717, 1.165) is 0 Å². The number of nitrogens with zero attached hydrogens (tertiary/aromatic N) is 5. The summed E-state index contributed by atoms with van der Waals surface area (Å²) >= 11 is 5.76. The van der Waals surface area contributed by atoms with Crippen LogP contribution < -0.4 is 0 Å². The van der Waals surface area contributed by atoms with Crippen LogP contribution in [-0.4, -0.2) is 19.6 Å². The van der Waals surface area contributed by atoms with E-state index in [1.165, 1.54) is 10.7 Å². The van der Waals surface area contributed by atoms with Crippen LogP contribution in [-0.2, 0) is 5.41 Å². The Morgan fingerprint density at radius 3 is 2.93 bits per heavy atom. The van der Waals surface area contributed by atoms with Crippen LogP contribution in [0.4, 0.5) is 0 Å². The van der Waals surface area contributed by atoms with Crippen LogP contribution in [0.25, 0.3) is 5.78 Å². The zero-order valence-electron chi connectivity index (χ0n) is 8.27. The average Bonchev–Trinajstić information content (AvgIpc) is 2.61. The molecule has 6 heteroatoms. The topological polar surface area (TPSA) is 66.9 Å². The highest BCUT2D eigenvalue weighted by molar-refractivity contribution is 6.30. The van der Waals surface area contributed by atoms with Gasteiger partial charge in [0.1, 0.15) is 5.41 Å². The molecule has 0 N–H and O–H groups in total. The van der Waals surface area contributed by atoms with Gasteiger partial charge in [-0.3, -0.25) is 0 Å². The summed E-state index contributed by atoms with van der Waals surface area (Å²) in [6, 6.07) is 2.13. The van der Waals surface area contributed by atoms with E-state index in [1.807, 2.05) is 0 Å². The second-order valence-corrected chi connectivity index (χ2v) is 4.13. The molecule has 15 heavy (non-hydrogen) atoms. The van der Waals surface area contributed by atoms with Crippen molar-refractivity contribution in [2.24, 2.45) is 0 Å². The van der Waals surface area contributed by atoms with Gasteiger partial charge in [-0.05, 0) is 13.8 Å². The maximum atomic E-state index is 8.94. The van der Waals surface area contributed by atoms with Crippen molar-refractivity contribution in [3.63, 3.8) is 0 Å². The third kappa shape index (κ3) is 1.64. The summed E-state index contributed by atoms with van der Waals surface area (Å²) in [4.78, 5) is 8.15. The first kappa shape index (κ1) is 9.87. The first-order valence-corrected chi connectivity index (χ1v) is 4.70. The van der Waals surface area contributed by atoms with Crippen LogP contribution in [0.1, 0.15) is 19.7 Å². The lowest BCUT2D eigenvalue weighted by atomic mass is 9.95. The predicted molar refractivity (Wildman–Crippen MR) is 54.4 cm³/mol. The molecule has 0 atom stereocenters. The minimum atomic E-state index is -0.722. The zero-order chi connectivity index (χ0) is 11.1. The number of nitriles is 1. The molecule has 0 saturated carbocycles. The summed E-state index contributed by atoms with van der Waals surface area (Å²) in [7, 11) is 0. The molecule has 0 radical (unpaired) electrons. The highest BCUT2D eigenvalue weighted by Gasteiger charge is 2.25. The molecular weight excluding hydrogens is 214 g/mol. The zero-order valence-corrected chi connectivity index (χ0v) is 9.02. The largest absolute Gasteiger partial charge is 0.252 e. The first-order chi connectivity index (χ1) is 7.03. The van der Waals surface area contributed by atoms with Crippen molar-refractivity contribution in [2.45, 2.75) is 19.3 Å². The van der Waals surface area contributed by atoms with E-state index in [-0.39, 0.29) is 0 Å². The Hall–Kier alpha value is -1.67. The molecule has 0 aliphatic rings. The Kier molecular flexibility index (Phi) is 2.09. The van der Waals surface area contributed by atoms with Crippen molar-refractivity contribution >= 4 is 17.4 Å². The van der Waals surface area contributed by atoms with Gasteiger partial charge in [0.25, 0.3) is 5.78 Å². The van der Waals surface area contributed by atoms with Gasteiger partial charge in [0.05, 0.1) is 23.5 Å². The summed E-state index contributed by atoms with van der Waals surface area (Å²) in [5.74, 6) is 0.887. The lowest BCUT2D eigenvalue weighted by Crippen LogP contribution is -2.16. The smallest absolute Gasteiger partial charge is 0.218 e. The molecule has 0 unspecified atom stereocenters. The molecule has 2 rings (SSSR count). The van der Waals surface area contributed by atoms with E-state index >= 15 is 0 Å². The van der Waals surface area contributed by atoms with Crippen molar-refractivity contribution in [1.29, 1.82) is 5.26 Å². The van der Waals surface area contributed by atoms with Crippen LogP contribution in [0.3, 0.4) is 0 Å². The monoisotopic (exact) mass is 221 g/mol. The van der Waals surface area contributed by atoms with Crippen LogP contribution >= 0.6 is 11.6 Å². The number of hydrogen-bond acceptors (Lipinski definition) is 4. The summed E-state index contributed by atoms with van der Waals surface area (Å²) in [6.45, 7) is 3.51. The second kappa shape index (κ2) is 3.17. The maximum Gasteiger partial charge on any atom is 0.252 e. The molecule has 2 aromatic rings. The highest BCUT2D eigenvalue weighted by atomic mass is 35.5. The fourth-order valence-electron chi connectivity index (χ4n) is 1.07. The average molecular weight is 222 g/mol. The van der Waals surface area contributed by atoms with Gasteiger partial charge in [0, 0.05) is 0 Å². The van der Waals surface area contributed by atoms with Gasteiger partial charge in [-0.1, -0.05) is 11.6 Å². The molecule has 0 aliphatic heterocycles. The number of aromatic nitrogens is 4. The minimum absolute atomic E-state index is 0.442. The third-order valence-electron chi connectivity index (χ3n) is 2.00. The van der Waals surface area contributed by atoms with Crippen LogP contribution in [0.15, 0.2) is 12.4 Å². The number of rotatable bonds is 1. The van der Waals surface area contributed by atoms with E-state index in [9.17, 15) is 0 Å². The van der Waals surface area contributed by atoms with Crippen LogP contribution in [0.2, 0.25) is 5.02 Å². The van der Waals surface area contributed by atoms with Gasteiger partial charge in [0.2, 0.25) is 0 Å². The molecular formula is C9H8ClN5. The van der Waals surface area contributed by atoms with Gasteiger partial charge < -0.3 is 0 Å². The Morgan fingerprint density at radius 2 is 2.27 bits per heavy atom. The number of hydrogen-bond donors (Lipinski definition) is 0. The Morgan fingerprint density at radius 1 is 1.53 bits per heavy atom. The van der Waals surface area contributed by atoms with Crippen molar-refractivity contribution < 1.29 is 0 Å². The lowest BCUT2D eigenvalue weighted by molar-refractivity contribution is 0.628. The SMILES string of the molecule is CC(C)(C#N)c1nc2ncc(Cl)cn2n1. The molecule has 0 amide bonds. The molecule has 0 spiro atoms. The minimum Gasteiger partial charge on any atom is -0.218 e. The Labute approximate surface area is 91.3 Å².